The molecule has 3 N–H and O–H groups in total. The molecule has 0 amide bonds. The van der Waals surface area contributed by atoms with Crippen LogP contribution in [0, 0.1) is 0 Å². The van der Waals surface area contributed by atoms with E-state index < -0.39 is 17.3 Å². The Hall–Kier alpha value is -1.81. The predicted octanol–water partition coefficient (Wildman–Crippen LogP) is 4.29. The SMILES string of the molecule is CCNC(=NCc1ccc(C(F)(F)F)cc1)NCC(C)(O)c1ccccc1.I. The minimum absolute atomic E-state index is 0. The molecule has 0 aliphatic heterocycles. The first kappa shape index (κ1) is 24.2. The summed E-state index contributed by atoms with van der Waals surface area (Å²) >= 11 is 0. The highest BCUT2D eigenvalue weighted by Crippen LogP contribution is 2.29. The normalized spacial score (nSPS) is 14.0. The van der Waals surface area contributed by atoms with E-state index >= 15 is 0 Å². The topological polar surface area (TPSA) is 56.7 Å². The van der Waals surface area contributed by atoms with Crippen LogP contribution in [0.25, 0.3) is 0 Å². The Morgan fingerprint density at radius 2 is 1.57 bits per heavy atom. The number of aliphatic imine (C=N–C) groups is 1. The van der Waals surface area contributed by atoms with E-state index in [1.54, 1.807) is 6.92 Å². The van der Waals surface area contributed by atoms with Gasteiger partial charge < -0.3 is 15.7 Å². The number of nitrogens with one attached hydrogen (secondary N) is 2. The van der Waals surface area contributed by atoms with Crippen molar-refractivity contribution in [2.75, 3.05) is 13.1 Å². The maximum atomic E-state index is 12.6. The van der Waals surface area contributed by atoms with Gasteiger partial charge in [0.2, 0.25) is 0 Å². The van der Waals surface area contributed by atoms with Gasteiger partial charge in [-0.2, -0.15) is 13.2 Å². The van der Waals surface area contributed by atoms with Crippen LogP contribution in [0.4, 0.5) is 13.2 Å². The van der Waals surface area contributed by atoms with Gasteiger partial charge in [-0.25, -0.2) is 4.99 Å². The number of aliphatic hydroxyl groups is 1. The lowest BCUT2D eigenvalue weighted by molar-refractivity contribution is -0.137. The molecule has 1 atom stereocenters. The fourth-order valence-electron chi connectivity index (χ4n) is 2.47. The van der Waals surface area contributed by atoms with E-state index in [1.807, 2.05) is 37.3 Å². The molecule has 1 unspecified atom stereocenters. The van der Waals surface area contributed by atoms with Gasteiger partial charge in [0.1, 0.15) is 5.60 Å². The Morgan fingerprint density at radius 3 is 2.11 bits per heavy atom. The summed E-state index contributed by atoms with van der Waals surface area (Å²) in [7, 11) is 0. The van der Waals surface area contributed by atoms with Crippen molar-refractivity contribution in [2.45, 2.75) is 32.2 Å². The maximum absolute atomic E-state index is 12.6. The monoisotopic (exact) mass is 507 g/mol. The average Bonchev–Trinajstić information content (AvgIpc) is 2.64. The third-order valence-electron chi connectivity index (χ3n) is 4.04. The second kappa shape index (κ2) is 10.7. The number of guanidine groups is 1. The molecule has 0 aromatic heterocycles. The highest BCUT2D eigenvalue weighted by molar-refractivity contribution is 14.0. The zero-order valence-corrected chi connectivity index (χ0v) is 18.1. The van der Waals surface area contributed by atoms with Crippen LogP contribution in [0.5, 0.6) is 0 Å². The fraction of sp³-hybridized carbons (Fsp3) is 0.350. The summed E-state index contributed by atoms with van der Waals surface area (Å²) in [5.74, 6) is 0.480. The van der Waals surface area contributed by atoms with Crippen LogP contribution >= 0.6 is 24.0 Å². The van der Waals surface area contributed by atoms with E-state index in [0.717, 1.165) is 17.7 Å². The molecule has 0 radical (unpaired) electrons. The fourth-order valence-corrected chi connectivity index (χ4v) is 2.47. The van der Waals surface area contributed by atoms with Crippen molar-refractivity contribution in [3.63, 3.8) is 0 Å². The van der Waals surface area contributed by atoms with E-state index in [1.165, 1.54) is 12.1 Å². The van der Waals surface area contributed by atoms with Crippen LogP contribution in [-0.4, -0.2) is 24.2 Å². The first-order valence-corrected chi connectivity index (χ1v) is 8.68. The van der Waals surface area contributed by atoms with Crippen LogP contribution in [0.3, 0.4) is 0 Å². The van der Waals surface area contributed by atoms with E-state index in [4.69, 9.17) is 0 Å². The van der Waals surface area contributed by atoms with Gasteiger partial charge in [0.05, 0.1) is 18.7 Å². The van der Waals surface area contributed by atoms with Crippen LogP contribution in [0.15, 0.2) is 59.6 Å². The largest absolute Gasteiger partial charge is 0.416 e. The number of hydrogen-bond acceptors (Lipinski definition) is 2. The number of nitrogens with zero attached hydrogens (tertiary/aromatic N) is 1. The number of hydrogen-bond donors (Lipinski definition) is 3. The summed E-state index contributed by atoms with van der Waals surface area (Å²) in [5, 5.41) is 16.8. The summed E-state index contributed by atoms with van der Waals surface area (Å²) in [6, 6.07) is 14.2. The van der Waals surface area contributed by atoms with E-state index in [2.05, 4.69) is 15.6 Å². The minimum Gasteiger partial charge on any atom is -0.384 e. The zero-order valence-electron chi connectivity index (χ0n) is 15.8. The molecule has 2 rings (SSSR count). The number of benzene rings is 2. The Kier molecular flexibility index (Phi) is 9.22. The number of rotatable bonds is 6. The Labute approximate surface area is 180 Å². The van der Waals surface area contributed by atoms with Gasteiger partial charge in [0, 0.05) is 6.54 Å². The van der Waals surface area contributed by atoms with Crippen LogP contribution in [-0.2, 0) is 18.3 Å². The maximum Gasteiger partial charge on any atom is 0.416 e. The van der Waals surface area contributed by atoms with Gasteiger partial charge in [-0.3, -0.25) is 0 Å². The Balaban J connectivity index is 0.00000392. The molecular formula is C20H25F3IN3O. The summed E-state index contributed by atoms with van der Waals surface area (Å²) in [6.45, 7) is 4.68. The zero-order chi connectivity index (χ0) is 19.9. The summed E-state index contributed by atoms with van der Waals surface area (Å²) < 4.78 is 37.8. The van der Waals surface area contributed by atoms with Gasteiger partial charge in [-0.15, -0.1) is 24.0 Å². The predicted molar refractivity (Wildman–Crippen MR) is 116 cm³/mol. The van der Waals surface area contributed by atoms with Crippen molar-refractivity contribution in [1.29, 1.82) is 0 Å². The lowest BCUT2D eigenvalue weighted by atomic mass is 9.96. The van der Waals surface area contributed by atoms with Crippen LogP contribution < -0.4 is 10.6 Å². The van der Waals surface area contributed by atoms with Gasteiger partial charge in [0.15, 0.2) is 5.96 Å². The van der Waals surface area contributed by atoms with Gasteiger partial charge in [-0.1, -0.05) is 42.5 Å². The molecule has 154 valence electrons. The van der Waals surface area contributed by atoms with Gasteiger partial charge >= 0.3 is 6.18 Å². The molecule has 0 bridgehead atoms. The first-order chi connectivity index (χ1) is 12.7. The average molecular weight is 507 g/mol. The Bertz CT molecular complexity index is 748. The third-order valence-corrected chi connectivity index (χ3v) is 4.04. The lowest BCUT2D eigenvalue weighted by Gasteiger charge is -2.25. The standard InChI is InChI=1S/C20H24F3N3O.HI/c1-3-24-18(26-14-19(2,27)16-7-5-4-6-8-16)25-13-15-9-11-17(12-10-15)20(21,22)23;/h4-12,27H,3,13-14H2,1-2H3,(H2,24,25,26);1H. The number of halogens is 4. The molecule has 0 aliphatic rings. The molecule has 28 heavy (non-hydrogen) atoms. The van der Waals surface area contributed by atoms with Crippen molar-refractivity contribution in [2.24, 2.45) is 4.99 Å². The number of alkyl halides is 3. The van der Waals surface area contributed by atoms with Crippen LogP contribution in [0.1, 0.15) is 30.5 Å². The van der Waals surface area contributed by atoms with Crippen molar-refractivity contribution in [1.82, 2.24) is 10.6 Å². The molecular weight excluding hydrogens is 482 g/mol. The lowest BCUT2D eigenvalue weighted by Crippen LogP contribution is -2.44. The molecule has 0 spiro atoms. The molecule has 0 saturated carbocycles. The summed E-state index contributed by atoms with van der Waals surface area (Å²) in [4.78, 5) is 4.37. The second-order valence-corrected chi connectivity index (χ2v) is 6.38. The molecule has 0 aliphatic carbocycles. The highest BCUT2D eigenvalue weighted by Gasteiger charge is 2.29. The molecule has 0 fully saturated rings. The minimum atomic E-state index is -4.35. The summed E-state index contributed by atoms with van der Waals surface area (Å²) in [6.07, 6.45) is -4.35. The van der Waals surface area contributed by atoms with Gasteiger partial charge in [0.25, 0.3) is 0 Å². The molecule has 0 saturated heterocycles. The van der Waals surface area contributed by atoms with Gasteiger partial charge in [-0.05, 0) is 37.1 Å². The summed E-state index contributed by atoms with van der Waals surface area (Å²) in [5.41, 5.74) is -0.337. The molecule has 8 heteroatoms. The molecule has 2 aromatic rings. The van der Waals surface area contributed by atoms with Crippen molar-refractivity contribution in [3.05, 3.63) is 71.3 Å². The van der Waals surface area contributed by atoms with E-state index in [0.29, 0.717) is 18.1 Å². The van der Waals surface area contributed by atoms with Crippen molar-refractivity contribution >= 4 is 29.9 Å². The molecule has 4 nitrogen and oxygen atoms in total. The quantitative estimate of drug-likeness (QED) is 0.311. The smallest absolute Gasteiger partial charge is 0.384 e. The molecule has 0 heterocycles. The first-order valence-electron chi connectivity index (χ1n) is 8.68. The van der Waals surface area contributed by atoms with Crippen molar-refractivity contribution in [3.8, 4) is 0 Å². The van der Waals surface area contributed by atoms with E-state index in [-0.39, 0.29) is 37.1 Å². The molecule has 2 aromatic carbocycles. The highest BCUT2D eigenvalue weighted by atomic mass is 127. The second-order valence-electron chi connectivity index (χ2n) is 6.38. The van der Waals surface area contributed by atoms with E-state index in [9.17, 15) is 18.3 Å². The Morgan fingerprint density at radius 1 is 0.964 bits per heavy atom. The van der Waals surface area contributed by atoms with Crippen LogP contribution in [0.2, 0.25) is 0 Å². The third kappa shape index (κ3) is 7.31. The van der Waals surface area contributed by atoms with Crippen molar-refractivity contribution < 1.29 is 18.3 Å².